The topological polar surface area (TPSA) is 26.3 Å². The molecule has 0 amide bonds. The standard InChI is InChI=1S/C16H32O2/c1-5-7-8-9-10-11-13-15(14(3)4)18-16(17)12-6-2/h14-15H,5-13H2,1-4H3. The van der Waals surface area contributed by atoms with E-state index >= 15 is 0 Å². The summed E-state index contributed by atoms with van der Waals surface area (Å²) < 4.78 is 5.54. The molecular formula is C16H32O2. The van der Waals surface area contributed by atoms with E-state index in [1.807, 2.05) is 6.92 Å². The number of carbonyl (C=O) groups excluding carboxylic acids is 1. The fourth-order valence-corrected chi connectivity index (χ4v) is 2.09. The van der Waals surface area contributed by atoms with Crippen LogP contribution in [0.15, 0.2) is 0 Å². The first-order valence-corrected chi connectivity index (χ1v) is 7.81. The van der Waals surface area contributed by atoms with Gasteiger partial charge >= 0.3 is 5.97 Å². The Balaban J connectivity index is 3.73. The van der Waals surface area contributed by atoms with Crippen LogP contribution in [0.3, 0.4) is 0 Å². The first-order chi connectivity index (χ1) is 8.61. The molecule has 0 aliphatic heterocycles. The third kappa shape index (κ3) is 9.49. The molecule has 108 valence electrons. The third-order valence-corrected chi connectivity index (χ3v) is 3.32. The molecule has 2 nitrogen and oxygen atoms in total. The number of unbranched alkanes of at least 4 members (excludes halogenated alkanes) is 5. The monoisotopic (exact) mass is 256 g/mol. The molecule has 0 aliphatic rings. The van der Waals surface area contributed by atoms with Crippen LogP contribution in [0.25, 0.3) is 0 Å². The molecule has 0 saturated heterocycles. The first kappa shape index (κ1) is 17.5. The molecule has 18 heavy (non-hydrogen) atoms. The van der Waals surface area contributed by atoms with Gasteiger partial charge in [0.2, 0.25) is 0 Å². The molecule has 1 atom stereocenters. The van der Waals surface area contributed by atoms with E-state index in [0.717, 1.165) is 12.8 Å². The predicted molar refractivity (Wildman–Crippen MR) is 77.6 cm³/mol. The van der Waals surface area contributed by atoms with Gasteiger partial charge in [-0.25, -0.2) is 0 Å². The zero-order valence-corrected chi connectivity index (χ0v) is 12.8. The highest BCUT2D eigenvalue weighted by molar-refractivity contribution is 5.69. The van der Waals surface area contributed by atoms with Gasteiger partial charge < -0.3 is 4.74 Å². The normalized spacial score (nSPS) is 12.7. The summed E-state index contributed by atoms with van der Waals surface area (Å²) in [4.78, 5) is 11.5. The minimum absolute atomic E-state index is 0.0258. The van der Waals surface area contributed by atoms with Gasteiger partial charge in [-0.1, -0.05) is 59.8 Å². The van der Waals surface area contributed by atoms with Crippen LogP contribution < -0.4 is 0 Å². The second-order valence-electron chi connectivity index (χ2n) is 5.58. The Morgan fingerprint density at radius 3 is 2.11 bits per heavy atom. The Bertz CT molecular complexity index is 199. The van der Waals surface area contributed by atoms with Crippen LogP contribution in [0.5, 0.6) is 0 Å². The summed E-state index contributed by atoms with van der Waals surface area (Å²) in [5, 5.41) is 0. The van der Waals surface area contributed by atoms with Crippen LogP contribution in [0, 0.1) is 5.92 Å². The van der Waals surface area contributed by atoms with Crippen molar-refractivity contribution in [2.45, 2.75) is 91.6 Å². The molecule has 0 aromatic carbocycles. The highest BCUT2D eigenvalue weighted by Gasteiger charge is 2.17. The Morgan fingerprint density at radius 1 is 0.944 bits per heavy atom. The second-order valence-corrected chi connectivity index (χ2v) is 5.58. The Labute approximate surface area is 113 Å². The highest BCUT2D eigenvalue weighted by Crippen LogP contribution is 2.17. The van der Waals surface area contributed by atoms with Crippen LogP contribution >= 0.6 is 0 Å². The minimum atomic E-state index is -0.0258. The highest BCUT2D eigenvalue weighted by atomic mass is 16.5. The maximum Gasteiger partial charge on any atom is 0.306 e. The molecule has 0 radical (unpaired) electrons. The zero-order valence-electron chi connectivity index (χ0n) is 12.8. The Morgan fingerprint density at radius 2 is 1.56 bits per heavy atom. The van der Waals surface area contributed by atoms with Crippen LogP contribution in [-0.2, 0) is 9.53 Å². The predicted octanol–water partition coefficient (Wildman–Crippen LogP) is 5.10. The van der Waals surface area contributed by atoms with Gasteiger partial charge in [0.1, 0.15) is 6.10 Å². The van der Waals surface area contributed by atoms with Crippen molar-refractivity contribution in [2.75, 3.05) is 0 Å². The molecule has 1 unspecified atom stereocenters. The summed E-state index contributed by atoms with van der Waals surface area (Å²) in [6.45, 7) is 8.53. The third-order valence-electron chi connectivity index (χ3n) is 3.32. The van der Waals surface area contributed by atoms with Crippen molar-refractivity contribution in [1.82, 2.24) is 0 Å². The van der Waals surface area contributed by atoms with Crippen molar-refractivity contribution in [3.63, 3.8) is 0 Å². The molecule has 2 heteroatoms. The molecule has 0 saturated carbocycles. The van der Waals surface area contributed by atoms with E-state index < -0.39 is 0 Å². The molecule has 0 aromatic heterocycles. The minimum Gasteiger partial charge on any atom is -0.462 e. The molecule has 0 rings (SSSR count). The van der Waals surface area contributed by atoms with E-state index in [2.05, 4.69) is 20.8 Å². The smallest absolute Gasteiger partial charge is 0.306 e. The lowest BCUT2D eigenvalue weighted by atomic mass is 9.99. The number of hydrogen-bond acceptors (Lipinski definition) is 2. The van der Waals surface area contributed by atoms with Crippen molar-refractivity contribution in [1.29, 1.82) is 0 Å². The van der Waals surface area contributed by atoms with Crippen molar-refractivity contribution in [2.24, 2.45) is 5.92 Å². The molecule has 0 aliphatic carbocycles. The number of carbonyl (C=O) groups is 1. The van der Waals surface area contributed by atoms with E-state index in [-0.39, 0.29) is 12.1 Å². The van der Waals surface area contributed by atoms with Gasteiger partial charge in [-0.15, -0.1) is 0 Å². The largest absolute Gasteiger partial charge is 0.462 e. The fourth-order valence-electron chi connectivity index (χ4n) is 2.09. The lowest BCUT2D eigenvalue weighted by molar-refractivity contribution is -0.151. The Hall–Kier alpha value is -0.530. The summed E-state index contributed by atoms with van der Waals surface area (Å²) in [5.41, 5.74) is 0. The maximum atomic E-state index is 11.5. The van der Waals surface area contributed by atoms with E-state index in [0.29, 0.717) is 12.3 Å². The first-order valence-electron chi connectivity index (χ1n) is 7.81. The number of hydrogen-bond donors (Lipinski definition) is 0. The lowest BCUT2D eigenvalue weighted by Gasteiger charge is -2.21. The maximum absolute atomic E-state index is 11.5. The Kier molecular flexibility index (Phi) is 11.2. The summed E-state index contributed by atoms with van der Waals surface area (Å²) >= 11 is 0. The zero-order chi connectivity index (χ0) is 13.8. The summed E-state index contributed by atoms with van der Waals surface area (Å²) in [5.74, 6) is 0.406. The summed E-state index contributed by atoms with van der Waals surface area (Å²) in [6, 6.07) is 0. The molecule has 0 bridgehead atoms. The van der Waals surface area contributed by atoms with Gasteiger partial charge in [-0.2, -0.15) is 0 Å². The second kappa shape index (κ2) is 11.6. The summed E-state index contributed by atoms with van der Waals surface area (Å²) in [7, 11) is 0. The quantitative estimate of drug-likeness (QED) is 0.379. The van der Waals surface area contributed by atoms with Crippen LogP contribution in [0.2, 0.25) is 0 Å². The van der Waals surface area contributed by atoms with Crippen molar-refractivity contribution in [3.8, 4) is 0 Å². The lowest BCUT2D eigenvalue weighted by Crippen LogP contribution is -2.23. The number of esters is 1. The molecular weight excluding hydrogens is 224 g/mol. The fraction of sp³-hybridized carbons (Fsp3) is 0.938. The van der Waals surface area contributed by atoms with Crippen molar-refractivity contribution in [3.05, 3.63) is 0 Å². The molecule has 0 spiro atoms. The van der Waals surface area contributed by atoms with Crippen LogP contribution in [0.1, 0.15) is 85.5 Å². The molecule has 0 heterocycles. The van der Waals surface area contributed by atoms with Gasteiger partial charge in [-0.3, -0.25) is 4.79 Å². The van der Waals surface area contributed by atoms with Gasteiger partial charge in [-0.05, 0) is 25.2 Å². The molecule has 0 aromatic rings. The van der Waals surface area contributed by atoms with Gasteiger partial charge in [0, 0.05) is 6.42 Å². The number of rotatable bonds is 11. The van der Waals surface area contributed by atoms with E-state index in [4.69, 9.17) is 4.74 Å². The van der Waals surface area contributed by atoms with Crippen molar-refractivity contribution >= 4 is 5.97 Å². The van der Waals surface area contributed by atoms with E-state index in [1.165, 1.54) is 38.5 Å². The average Bonchev–Trinajstić information content (AvgIpc) is 2.32. The van der Waals surface area contributed by atoms with Crippen molar-refractivity contribution < 1.29 is 9.53 Å². The SMILES string of the molecule is CCCCCCCCC(OC(=O)CCC)C(C)C. The van der Waals surface area contributed by atoms with E-state index in [9.17, 15) is 4.79 Å². The van der Waals surface area contributed by atoms with Crippen LogP contribution in [-0.4, -0.2) is 12.1 Å². The molecule has 0 fully saturated rings. The van der Waals surface area contributed by atoms with Gasteiger partial charge in [0.05, 0.1) is 0 Å². The van der Waals surface area contributed by atoms with Crippen LogP contribution in [0.4, 0.5) is 0 Å². The molecule has 0 N–H and O–H groups in total. The average molecular weight is 256 g/mol. The number of ether oxygens (including phenoxy) is 1. The van der Waals surface area contributed by atoms with Gasteiger partial charge in [0.25, 0.3) is 0 Å². The summed E-state index contributed by atoms with van der Waals surface area (Å²) in [6.07, 6.45) is 10.3. The van der Waals surface area contributed by atoms with E-state index in [1.54, 1.807) is 0 Å². The van der Waals surface area contributed by atoms with Gasteiger partial charge in [0.15, 0.2) is 0 Å².